The molecule has 12 heteroatoms. The van der Waals surface area contributed by atoms with Crippen molar-refractivity contribution in [1.29, 1.82) is 0 Å². The van der Waals surface area contributed by atoms with E-state index in [-0.39, 0.29) is 0 Å². The van der Waals surface area contributed by atoms with Gasteiger partial charge in [0.25, 0.3) is 0 Å². The number of nitrogens with zero attached hydrogens (tertiary/aromatic N) is 1. The molecule has 3 rings (SSSR count). The zero-order chi connectivity index (χ0) is 44.0. The number of methoxy groups -OCH3 is 1. The first kappa shape index (κ1) is 47.9. The summed E-state index contributed by atoms with van der Waals surface area (Å²) in [5.41, 5.74) is -4.01. The minimum Gasteiger partial charge on any atom is -0.469 e. The van der Waals surface area contributed by atoms with Crippen LogP contribution in [0, 0.1) is 27.1 Å². The Balaban J connectivity index is 2.57. The summed E-state index contributed by atoms with van der Waals surface area (Å²) in [4.78, 5) is 71.6. The van der Waals surface area contributed by atoms with E-state index in [2.05, 4.69) is 0 Å². The summed E-state index contributed by atoms with van der Waals surface area (Å²) in [7, 11) is 1.35. The van der Waals surface area contributed by atoms with Crippen LogP contribution in [0.2, 0.25) is 0 Å². The molecule has 58 heavy (non-hydrogen) atoms. The molecular formula is C46H67NO11. The summed E-state index contributed by atoms with van der Waals surface area (Å²) in [6, 6.07) is 17.7. The Morgan fingerprint density at radius 2 is 1.00 bits per heavy atom. The van der Waals surface area contributed by atoms with E-state index >= 15 is 0 Å². The number of hydrogen-bond donors (Lipinski definition) is 0. The van der Waals surface area contributed by atoms with Gasteiger partial charge in [-0.1, -0.05) is 62.4 Å². The van der Waals surface area contributed by atoms with Crippen molar-refractivity contribution in [2.75, 3.05) is 18.6 Å². The number of benzene rings is 2. The summed E-state index contributed by atoms with van der Waals surface area (Å²) in [5.74, 6) is -3.02. The van der Waals surface area contributed by atoms with Crippen LogP contribution in [0.15, 0.2) is 60.7 Å². The molecule has 0 unspecified atom stereocenters. The Hall–Kier alpha value is -4.45. The zero-order valence-electron chi connectivity index (χ0n) is 37.3. The summed E-state index contributed by atoms with van der Waals surface area (Å²) < 4.78 is 37.6. The molecule has 0 radical (unpaired) electrons. The van der Waals surface area contributed by atoms with Gasteiger partial charge < -0.3 is 33.3 Å². The average molecular weight is 810 g/mol. The van der Waals surface area contributed by atoms with E-state index in [0.717, 1.165) is 0 Å². The number of rotatable bonds is 13. The number of esters is 5. The van der Waals surface area contributed by atoms with Gasteiger partial charge in [0.15, 0.2) is 24.5 Å². The fourth-order valence-electron chi connectivity index (χ4n) is 6.60. The second kappa shape index (κ2) is 18.6. The van der Waals surface area contributed by atoms with Crippen molar-refractivity contribution in [1.82, 2.24) is 0 Å². The molecule has 0 saturated carbocycles. The summed E-state index contributed by atoms with van der Waals surface area (Å²) in [6.45, 7) is 23.6. The predicted octanol–water partition coefficient (Wildman–Crippen LogP) is 8.40. The molecule has 0 amide bonds. The second-order valence-corrected chi connectivity index (χ2v) is 19.2. The third-order valence-electron chi connectivity index (χ3n) is 10.3. The van der Waals surface area contributed by atoms with Crippen LogP contribution >= 0.6 is 0 Å². The number of para-hydroxylation sites is 1. The number of anilines is 1. The maximum absolute atomic E-state index is 14.3. The molecule has 1 saturated heterocycles. The number of ether oxygens (including phenoxy) is 6. The normalized spacial score (nSPS) is 20.9. The molecule has 2 aromatic rings. The molecule has 1 aliphatic rings. The van der Waals surface area contributed by atoms with Crippen molar-refractivity contribution >= 4 is 35.5 Å². The van der Waals surface area contributed by atoms with Crippen LogP contribution in [-0.4, -0.2) is 74.2 Å². The van der Waals surface area contributed by atoms with Crippen LogP contribution in [0.3, 0.4) is 0 Å². The van der Waals surface area contributed by atoms with E-state index in [0.29, 0.717) is 24.1 Å². The van der Waals surface area contributed by atoms with Crippen LogP contribution in [0.5, 0.6) is 0 Å². The molecule has 0 N–H and O–H groups in total. The molecule has 322 valence electrons. The van der Waals surface area contributed by atoms with Crippen LogP contribution in [0.25, 0.3) is 0 Å². The molecule has 1 heterocycles. The molecule has 0 aliphatic carbocycles. The first-order valence-corrected chi connectivity index (χ1v) is 20.2. The zero-order valence-corrected chi connectivity index (χ0v) is 37.3. The largest absolute Gasteiger partial charge is 0.469 e. The van der Waals surface area contributed by atoms with E-state index in [9.17, 15) is 24.0 Å². The van der Waals surface area contributed by atoms with Crippen molar-refractivity contribution in [3.8, 4) is 0 Å². The Bertz CT molecular complexity index is 1710. The standard InChI is InChI=1S/C46H67NO11/c1-16-46(17-2,41(52)53-15)35(29-24-20-18-21-25-29)47(30-26-22-19-23-27-30)36-34(58-40(51)45(12,13)14)33(57-39(50)44(9,10)11)32(56-38(49)43(6,7)8)31(55-36)28-54-37(48)42(3,4)5/h18-27,31-36H,16-17,28H2,1-15H3/t31-,32+,33+,34-,35-,36-/m1/s1. The van der Waals surface area contributed by atoms with E-state index in [1.54, 1.807) is 83.1 Å². The third-order valence-corrected chi connectivity index (χ3v) is 10.3. The maximum Gasteiger partial charge on any atom is 0.314 e. The first-order valence-electron chi connectivity index (χ1n) is 20.2. The van der Waals surface area contributed by atoms with Crippen molar-refractivity contribution in [2.24, 2.45) is 27.1 Å². The van der Waals surface area contributed by atoms with Crippen molar-refractivity contribution in [3.63, 3.8) is 0 Å². The molecule has 2 aromatic carbocycles. The van der Waals surface area contributed by atoms with Gasteiger partial charge in [0.2, 0.25) is 0 Å². The first-order chi connectivity index (χ1) is 26.7. The summed E-state index contributed by atoms with van der Waals surface area (Å²) in [5, 5.41) is 0. The lowest BCUT2D eigenvalue weighted by atomic mass is 9.71. The van der Waals surface area contributed by atoms with Gasteiger partial charge in [-0.25, -0.2) is 0 Å². The minimum absolute atomic E-state index is 0.319. The van der Waals surface area contributed by atoms with Gasteiger partial charge in [0, 0.05) is 5.69 Å². The molecular weight excluding hydrogens is 743 g/mol. The SMILES string of the molecule is CCC(CC)(C(=O)OC)[C@@H](c1ccccc1)N(c1ccccc1)[C@@H]1O[C@H](COC(=O)C(C)(C)C)[C@H](OC(=O)C(C)(C)C)[C@H](OC(=O)C(C)(C)C)[C@H]1OC(=O)C(C)(C)C. The molecule has 1 fully saturated rings. The number of carbonyl (C=O) groups excluding carboxylic acids is 5. The highest BCUT2D eigenvalue weighted by Crippen LogP contribution is 2.50. The number of hydrogen-bond acceptors (Lipinski definition) is 12. The highest BCUT2D eigenvalue weighted by Gasteiger charge is 2.59. The van der Waals surface area contributed by atoms with Crippen molar-refractivity contribution in [2.45, 2.75) is 146 Å². The van der Waals surface area contributed by atoms with Gasteiger partial charge in [0.05, 0.1) is 40.2 Å². The molecule has 0 aromatic heterocycles. The Kier molecular flexibility index (Phi) is 15.4. The smallest absolute Gasteiger partial charge is 0.314 e. The van der Waals surface area contributed by atoms with Crippen molar-refractivity contribution in [3.05, 3.63) is 66.2 Å². The minimum atomic E-state index is -1.50. The quantitative estimate of drug-likeness (QED) is 0.142. The molecule has 1 aliphatic heterocycles. The lowest BCUT2D eigenvalue weighted by Gasteiger charge is -2.54. The van der Waals surface area contributed by atoms with Gasteiger partial charge >= 0.3 is 29.8 Å². The summed E-state index contributed by atoms with van der Waals surface area (Å²) in [6.07, 6.45) is -6.42. The van der Waals surface area contributed by atoms with E-state index < -0.39 is 100 Å². The van der Waals surface area contributed by atoms with Crippen LogP contribution in [-0.2, 0) is 52.4 Å². The van der Waals surface area contributed by atoms with Gasteiger partial charge in [0.1, 0.15) is 12.7 Å². The number of carbonyl (C=O) groups is 5. The van der Waals surface area contributed by atoms with Crippen LogP contribution in [0.1, 0.15) is 121 Å². The lowest BCUT2D eigenvalue weighted by molar-refractivity contribution is -0.261. The van der Waals surface area contributed by atoms with Crippen LogP contribution in [0.4, 0.5) is 5.69 Å². The monoisotopic (exact) mass is 809 g/mol. The van der Waals surface area contributed by atoms with Gasteiger partial charge in [-0.15, -0.1) is 0 Å². The third kappa shape index (κ3) is 11.2. The summed E-state index contributed by atoms with van der Waals surface area (Å²) >= 11 is 0. The Labute approximate surface area is 345 Å². The van der Waals surface area contributed by atoms with Gasteiger partial charge in [-0.2, -0.15) is 0 Å². The van der Waals surface area contributed by atoms with E-state index in [1.165, 1.54) is 7.11 Å². The highest BCUT2D eigenvalue weighted by atomic mass is 16.7. The second-order valence-electron chi connectivity index (χ2n) is 19.2. The maximum atomic E-state index is 14.3. The van der Waals surface area contributed by atoms with E-state index in [1.807, 2.05) is 79.4 Å². The Morgan fingerprint density at radius 3 is 1.41 bits per heavy atom. The van der Waals surface area contributed by atoms with Crippen molar-refractivity contribution < 1.29 is 52.4 Å². The fraction of sp³-hybridized carbons (Fsp3) is 0.630. The van der Waals surface area contributed by atoms with E-state index in [4.69, 9.17) is 28.4 Å². The molecule has 0 spiro atoms. The fourth-order valence-corrected chi connectivity index (χ4v) is 6.60. The Morgan fingerprint density at radius 1 is 0.586 bits per heavy atom. The molecule has 0 bridgehead atoms. The lowest BCUT2D eigenvalue weighted by Crippen LogP contribution is -2.68. The van der Waals surface area contributed by atoms with Gasteiger partial charge in [-0.3, -0.25) is 24.0 Å². The average Bonchev–Trinajstić information content (AvgIpc) is 3.14. The predicted molar refractivity (Wildman–Crippen MR) is 220 cm³/mol. The van der Waals surface area contributed by atoms with Crippen LogP contribution < -0.4 is 4.90 Å². The highest BCUT2D eigenvalue weighted by molar-refractivity contribution is 5.80. The topological polar surface area (TPSA) is 144 Å². The van der Waals surface area contributed by atoms with Gasteiger partial charge in [-0.05, 0) is 114 Å². The molecule has 12 nitrogen and oxygen atoms in total. The molecule has 6 atom stereocenters.